The van der Waals surface area contributed by atoms with Gasteiger partial charge in [-0.05, 0) is 28.8 Å². The molecular weight excluding hydrogens is 453 g/mol. The zero-order valence-electron chi connectivity index (χ0n) is 17.1. The summed E-state index contributed by atoms with van der Waals surface area (Å²) in [5, 5.41) is 11.9. The number of thioether (sulfide) groups is 1. The van der Waals surface area contributed by atoms with Gasteiger partial charge in [0.15, 0.2) is 5.60 Å². The fourth-order valence-corrected chi connectivity index (χ4v) is 4.71. The zero-order valence-corrected chi connectivity index (χ0v) is 17.9. The van der Waals surface area contributed by atoms with Gasteiger partial charge in [0, 0.05) is 0 Å². The summed E-state index contributed by atoms with van der Waals surface area (Å²) >= 11 is 1.17. The Labute approximate surface area is 192 Å². The average Bonchev–Trinajstić information content (AvgIpc) is 3.19. The fraction of sp³-hybridized carbons (Fsp3) is 0.167. The Bertz CT molecular complexity index is 1100. The van der Waals surface area contributed by atoms with Gasteiger partial charge in [0.25, 0.3) is 11.8 Å². The Morgan fingerprint density at radius 1 is 0.879 bits per heavy atom. The van der Waals surface area contributed by atoms with E-state index < -0.39 is 34.5 Å². The van der Waals surface area contributed by atoms with Crippen LogP contribution in [0.15, 0.2) is 84.9 Å². The van der Waals surface area contributed by atoms with Gasteiger partial charge in [-0.3, -0.25) is 15.0 Å². The zero-order chi connectivity index (χ0) is 23.6. The summed E-state index contributed by atoms with van der Waals surface area (Å²) in [6.07, 6.45) is -4.48. The van der Waals surface area contributed by atoms with Crippen LogP contribution >= 0.6 is 11.8 Å². The Morgan fingerprint density at radius 2 is 1.39 bits per heavy atom. The van der Waals surface area contributed by atoms with Crippen molar-refractivity contribution in [1.82, 2.24) is 10.4 Å². The molecule has 3 aromatic carbocycles. The molecule has 1 heterocycles. The molecular formula is C24H19F3N2O3S. The van der Waals surface area contributed by atoms with Crippen molar-refractivity contribution in [3.8, 4) is 0 Å². The Morgan fingerprint density at radius 3 is 1.88 bits per heavy atom. The third kappa shape index (κ3) is 4.46. The van der Waals surface area contributed by atoms with Gasteiger partial charge in [-0.1, -0.05) is 72.8 Å². The van der Waals surface area contributed by atoms with Gasteiger partial charge >= 0.3 is 6.18 Å². The molecule has 1 atom stereocenters. The maximum Gasteiger partial charge on any atom is 0.416 e. The van der Waals surface area contributed by atoms with E-state index in [0.29, 0.717) is 16.7 Å². The van der Waals surface area contributed by atoms with Gasteiger partial charge < -0.3 is 5.11 Å². The molecule has 4 rings (SSSR count). The summed E-state index contributed by atoms with van der Waals surface area (Å²) in [6, 6.07) is 21.0. The number of rotatable bonds is 5. The van der Waals surface area contributed by atoms with Gasteiger partial charge in [0.05, 0.1) is 11.3 Å². The minimum atomic E-state index is -4.48. The number of nitrogens with zero attached hydrogens (tertiary/aromatic N) is 1. The number of hydrogen-bond donors (Lipinski definition) is 2. The van der Waals surface area contributed by atoms with Crippen LogP contribution in [-0.2, 0) is 21.4 Å². The van der Waals surface area contributed by atoms with Crippen molar-refractivity contribution in [3.05, 3.63) is 107 Å². The normalized spacial score (nSPS) is 16.7. The van der Waals surface area contributed by atoms with Crippen molar-refractivity contribution in [3.63, 3.8) is 0 Å². The molecule has 0 aromatic heterocycles. The first kappa shape index (κ1) is 22.9. The van der Waals surface area contributed by atoms with E-state index in [4.69, 9.17) is 0 Å². The van der Waals surface area contributed by atoms with Gasteiger partial charge in [0.2, 0.25) is 0 Å². The van der Waals surface area contributed by atoms with Crippen molar-refractivity contribution >= 4 is 23.6 Å². The van der Waals surface area contributed by atoms with E-state index in [-0.39, 0.29) is 5.75 Å². The Hall–Kier alpha value is -3.30. The van der Waals surface area contributed by atoms with E-state index in [9.17, 15) is 27.9 Å². The maximum atomic E-state index is 13.4. The van der Waals surface area contributed by atoms with Crippen LogP contribution in [0.1, 0.15) is 27.6 Å². The molecule has 0 bridgehead atoms. The van der Waals surface area contributed by atoms with E-state index in [1.54, 1.807) is 60.7 Å². The van der Waals surface area contributed by atoms with Crippen molar-refractivity contribution in [2.45, 2.75) is 17.2 Å². The van der Waals surface area contributed by atoms with E-state index in [1.807, 2.05) is 0 Å². The van der Waals surface area contributed by atoms with Gasteiger partial charge in [-0.2, -0.15) is 13.2 Å². The van der Waals surface area contributed by atoms with Gasteiger partial charge in [-0.15, -0.1) is 11.8 Å². The monoisotopic (exact) mass is 472 g/mol. The van der Waals surface area contributed by atoms with Crippen LogP contribution in [0.25, 0.3) is 0 Å². The van der Waals surface area contributed by atoms with Crippen LogP contribution < -0.4 is 5.43 Å². The van der Waals surface area contributed by atoms with E-state index in [2.05, 4.69) is 5.43 Å². The Kier molecular flexibility index (Phi) is 6.18. The number of aliphatic hydroxyl groups is 1. The van der Waals surface area contributed by atoms with Crippen LogP contribution in [-0.4, -0.2) is 27.7 Å². The molecule has 0 radical (unpaired) electrons. The number of nitrogens with one attached hydrogen (secondary N) is 1. The molecule has 1 aliphatic heterocycles. The van der Waals surface area contributed by atoms with Crippen LogP contribution in [0, 0.1) is 0 Å². The molecule has 5 nitrogen and oxygen atoms in total. The SMILES string of the molecule is O=C1CSC(c2ccc(C(F)(F)F)cc2)N1NC(=O)C(O)(c1ccccc1)c1ccccc1. The molecule has 33 heavy (non-hydrogen) atoms. The number of amides is 2. The van der Waals surface area contributed by atoms with Gasteiger partial charge in [0.1, 0.15) is 5.37 Å². The number of benzene rings is 3. The molecule has 1 saturated heterocycles. The number of carbonyl (C=O) groups is 2. The van der Waals surface area contributed by atoms with Crippen LogP contribution in [0.2, 0.25) is 0 Å². The second-order valence-corrected chi connectivity index (χ2v) is 8.50. The molecule has 2 N–H and O–H groups in total. The molecule has 170 valence electrons. The Balaban J connectivity index is 1.65. The minimum absolute atomic E-state index is 0.0288. The highest BCUT2D eigenvalue weighted by Crippen LogP contribution is 2.39. The largest absolute Gasteiger partial charge is 0.416 e. The topological polar surface area (TPSA) is 69.6 Å². The quantitative estimate of drug-likeness (QED) is 0.583. The summed E-state index contributed by atoms with van der Waals surface area (Å²) in [5.41, 5.74) is 0.636. The molecule has 1 fully saturated rings. The summed E-state index contributed by atoms with van der Waals surface area (Å²) in [7, 11) is 0. The molecule has 1 aliphatic rings. The highest BCUT2D eigenvalue weighted by Gasteiger charge is 2.44. The number of hydrogen-bond acceptors (Lipinski definition) is 4. The van der Waals surface area contributed by atoms with Crippen molar-refractivity contribution < 1.29 is 27.9 Å². The highest BCUT2D eigenvalue weighted by atomic mass is 32.2. The van der Waals surface area contributed by atoms with Crippen molar-refractivity contribution in [2.75, 3.05) is 5.75 Å². The summed E-state index contributed by atoms with van der Waals surface area (Å²) in [5.74, 6) is -1.25. The van der Waals surface area contributed by atoms with Crippen molar-refractivity contribution in [2.24, 2.45) is 0 Å². The second-order valence-electron chi connectivity index (χ2n) is 7.43. The van der Waals surface area contributed by atoms with E-state index in [0.717, 1.165) is 17.1 Å². The molecule has 2 amide bonds. The predicted octanol–water partition coefficient (Wildman–Crippen LogP) is 4.25. The lowest BCUT2D eigenvalue weighted by atomic mass is 9.85. The third-order valence-electron chi connectivity index (χ3n) is 5.32. The lowest BCUT2D eigenvalue weighted by Crippen LogP contribution is -2.53. The van der Waals surface area contributed by atoms with Crippen LogP contribution in [0.3, 0.4) is 0 Å². The van der Waals surface area contributed by atoms with E-state index >= 15 is 0 Å². The molecule has 0 aliphatic carbocycles. The lowest BCUT2D eigenvalue weighted by molar-refractivity contribution is -0.148. The molecule has 9 heteroatoms. The number of carbonyl (C=O) groups excluding carboxylic acids is 2. The summed E-state index contributed by atoms with van der Waals surface area (Å²) in [6.45, 7) is 0. The predicted molar refractivity (Wildman–Crippen MR) is 118 cm³/mol. The van der Waals surface area contributed by atoms with Crippen LogP contribution in [0.4, 0.5) is 13.2 Å². The summed E-state index contributed by atoms with van der Waals surface area (Å²) in [4.78, 5) is 26.0. The molecule has 0 spiro atoms. The lowest BCUT2D eigenvalue weighted by Gasteiger charge is -2.32. The highest BCUT2D eigenvalue weighted by molar-refractivity contribution is 8.00. The molecule has 1 unspecified atom stereocenters. The molecule has 3 aromatic rings. The fourth-order valence-electron chi connectivity index (χ4n) is 3.61. The standard InChI is InChI=1S/C24H19F3N2O3S/c25-24(26,27)19-13-11-16(12-14-19)21-29(20(30)15-33-21)28-22(31)23(32,17-7-3-1-4-8-17)18-9-5-2-6-10-18/h1-14,21,32H,15H2,(H,28,31). The van der Waals surface area contributed by atoms with Gasteiger partial charge in [-0.25, -0.2) is 5.01 Å². The van der Waals surface area contributed by atoms with Crippen molar-refractivity contribution in [1.29, 1.82) is 0 Å². The number of alkyl halides is 3. The second kappa shape index (κ2) is 8.92. The average molecular weight is 472 g/mol. The first-order valence-electron chi connectivity index (χ1n) is 9.96. The van der Waals surface area contributed by atoms with E-state index in [1.165, 1.54) is 23.9 Å². The minimum Gasteiger partial charge on any atom is -0.372 e. The third-order valence-corrected chi connectivity index (χ3v) is 6.54. The summed E-state index contributed by atoms with van der Waals surface area (Å²) < 4.78 is 38.7. The number of halogens is 3. The smallest absolute Gasteiger partial charge is 0.372 e. The maximum absolute atomic E-state index is 13.4. The number of hydrazine groups is 1. The molecule has 0 saturated carbocycles. The first-order chi connectivity index (χ1) is 15.7. The first-order valence-corrected chi connectivity index (χ1v) is 11.0. The van der Waals surface area contributed by atoms with Crippen LogP contribution in [0.5, 0.6) is 0 Å².